The van der Waals surface area contributed by atoms with Crippen LogP contribution >= 0.6 is 0 Å². The van der Waals surface area contributed by atoms with Crippen molar-refractivity contribution in [1.29, 1.82) is 0 Å². The number of anilines is 1. The first-order valence-corrected chi connectivity index (χ1v) is 8.29. The number of urea groups is 1. The largest absolute Gasteiger partial charge is 0.338 e. The number of carbonyl (C=O) groups is 1. The number of hydrogen-bond donors (Lipinski definition) is 1. The molecule has 1 aromatic carbocycles. The molecule has 1 aliphatic rings. The smallest absolute Gasteiger partial charge is 0.321 e. The van der Waals surface area contributed by atoms with E-state index in [-0.39, 0.29) is 11.7 Å². The van der Waals surface area contributed by atoms with Crippen LogP contribution in [0.3, 0.4) is 0 Å². The van der Waals surface area contributed by atoms with Crippen molar-refractivity contribution in [3.8, 4) is 0 Å². The van der Waals surface area contributed by atoms with Gasteiger partial charge in [-0.2, -0.15) is 0 Å². The number of likely N-dealkylation sites (tertiary alicyclic amines) is 1. The Morgan fingerprint density at radius 1 is 1.40 bits per heavy atom. The lowest BCUT2D eigenvalue weighted by Crippen LogP contribution is -2.43. The molecule has 1 aliphatic heterocycles. The van der Waals surface area contributed by atoms with Gasteiger partial charge >= 0.3 is 6.03 Å². The van der Waals surface area contributed by atoms with Crippen LogP contribution in [0.25, 0.3) is 0 Å². The number of carbonyl (C=O) groups excluding carboxylic acids is 1. The Morgan fingerprint density at radius 2 is 2.16 bits per heavy atom. The average Bonchev–Trinajstić information content (AvgIpc) is 3.00. The molecule has 2 amide bonds. The Morgan fingerprint density at radius 3 is 2.80 bits per heavy atom. The van der Waals surface area contributed by atoms with Crippen molar-refractivity contribution in [3.63, 3.8) is 0 Å². The summed E-state index contributed by atoms with van der Waals surface area (Å²) in [4.78, 5) is 28.8. The van der Waals surface area contributed by atoms with Crippen LogP contribution in [0.15, 0.2) is 36.7 Å². The fourth-order valence-corrected chi connectivity index (χ4v) is 3.14. The molecule has 2 aromatic rings. The number of aryl methyl sites for hydroxylation is 1. The van der Waals surface area contributed by atoms with Gasteiger partial charge in [0.25, 0.3) is 5.69 Å². The van der Waals surface area contributed by atoms with Gasteiger partial charge in [0.1, 0.15) is 5.82 Å². The maximum atomic E-state index is 12.5. The molecule has 132 valence electrons. The number of imidazole rings is 1. The Kier molecular flexibility index (Phi) is 4.97. The molecular weight excluding hydrogens is 322 g/mol. The van der Waals surface area contributed by atoms with Crippen molar-refractivity contribution in [3.05, 3.63) is 52.6 Å². The predicted octanol–water partition coefficient (Wildman–Crippen LogP) is 2.81. The number of non-ortho nitro benzene ring substituents is 1. The van der Waals surface area contributed by atoms with Crippen molar-refractivity contribution < 1.29 is 9.72 Å². The van der Waals surface area contributed by atoms with E-state index in [9.17, 15) is 14.9 Å². The summed E-state index contributed by atoms with van der Waals surface area (Å²) in [6.07, 6.45) is 6.61. The van der Waals surface area contributed by atoms with Gasteiger partial charge in [-0.25, -0.2) is 9.78 Å². The van der Waals surface area contributed by atoms with Crippen LogP contribution in [0.5, 0.6) is 0 Å². The molecule has 8 heteroatoms. The predicted molar refractivity (Wildman–Crippen MR) is 93.3 cm³/mol. The molecule has 0 saturated carbocycles. The van der Waals surface area contributed by atoms with Crippen molar-refractivity contribution in [2.45, 2.75) is 19.3 Å². The highest BCUT2D eigenvalue weighted by atomic mass is 16.6. The van der Waals surface area contributed by atoms with Crippen molar-refractivity contribution in [1.82, 2.24) is 14.5 Å². The maximum Gasteiger partial charge on any atom is 0.321 e. The minimum atomic E-state index is -0.460. The monoisotopic (exact) mass is 343 g/mol. The number of benzene rings is 1. The zero-order valence-electron chi connectivity index (χ0n) is 14.1. The fraction of sp³-hybridized carbons (Fsp3) is 0.412. The summed E-state index contributed by atoms with van der Waals surface area (Å²) in [6.45, 7) is 1.40. The lowest BCUT2D eigenvalue weighted by Gasteiger charge is -2.32. The average molecular weight is 343 g/mol. The van der Waals surface area contributed by atoms with Gasteiger partial charge in [-0.15, -0.1) is 0 Å². The topological polar surface area (TPSA) is 93.3 Å². The Balaban J connectivity index is 1.58. The van der Waals surface area contributed by atoms with Crippen molar-refractivity contribution >= 4 is 17.4 Å². The van der Waals surface area contributed by atoms with Crippen LogP contribution in [-0.2, 0) is 13.5 Å². The third kappa shape index (κ3) is 4.14. The number of nitro groups is 1. The van der Waals surface area contributed by atoms with E-state index in [1.54, 1.807) is 23.2 Å². The van der Waals surface area contributed by atoms with E-state index in [1.807, 2.05) is 17.8 Å². The van der Waals surface area contributed by atoms with Gasteiger partial charge in [0.2, 0.25) is 0 Å². The van der Waals surface area contributed by atoms with E-state index < -0.39 is 4.92 Å². The third-order valence-electron chi connectivity index (χ3n) is 4.53. The standard InChI is InChI=1S/C17H21N5O3/c1-20-10-8-18-16(20)11-13-3-2-9-21(12-13)17(23)19-14-4-6-15(7-5-14)22(24)25/h4-8,10,13H,2-3,9,11-12H2,1H3,(H,19,23). The number of aromatic nitrogens is 2. The highest BCUT2D eigenvalue weighted by Gasteiger charge is 2.25. The molecule has 25 heavy (non-hydrogen) atoms. The molecule has 2 heterocycles. The normalized spacial score (nSPS) is 17.3. The van der Waals surface area contributed by atoms with Crippen molar-refractivity contribution in [2.75, 3.05) is 18.4 Å². The first-order chi connectivity index (χ1) is 12.0. The zero-order valence-corrected chi connectivity index (χ0v) is 14.1. The zero-order chi connectivity index (χ0) is 17.8. The highest BCUT2D eigenvalue weighted by Crippen LogP contribution is 2.21. The molecule has 0 spiro atoms. The quantitative estimate of drug-likeness (QED) is 0.682. The van der Waals surface area contributed by atoms with E-state index in [1.165, 1.54) is 12.1 Å². The summed E-state index contributed by atoms with van der Waals surface area (Å²) in [7, 11) is 1.98. The molecular formula is C17H21N5O3. The second-order valence-electron chi connectivity index (χ2n) is 6.35. The van der Waals surface area contributed by atoms with Crippen molar-refractivity contribution in [2.24, 2.45) is 13.0 Å². The van der Waals surface area contributed by atoms with Gasteiger partial charge in [-0.1, -0.05) is 0 Å². The second-order valence-corrected chi connectivity index (χ2v) is 6.35. The summed E-state index contributed by atoms with van der Waals surface area (Å²) in [5.41, 5.74) is 0.563. The molecule has 3 rings (SSSR count). The Hall–Kier alpha value is -2.90. The molecule has 1 aromatic heterocycles. The molecule has 8 nitrogen and oxygen atoms in total. The van der Waals surface area contributed by atoms with Crippen LogP contribution in [0, 0.1) is 16.0 Å². The molecule has 1 fully saturated rings. The molecule has 0 aliphatic carbocycles. The number of hydrogen-bond acceptors (Lipinski definition) is 4. The van der Waals surface area contributed by atoms with Crippen LogP contribution in [0.1, 0.15) is 18.7 Å². The van der Waals surface area contributed by atoms with Gasteiger partial charge in [0, 0.05) is 56.8 Å². The highest BCUT2D eigenvalue weighted by molar-refractivity contribution is 5.89. The van der Waals surface area contributed by atoms with Crippen LogP contribution in [0.4, 0.5) is 16.2 Å². The summed E-state index contributed by atoms with van der Waals surface area (Å²) in [6, 6.07) is 5.70. The number of piperidine rings is 1. The number of nitrogens with one attached hydrogen (secondary N) is 1. The molecule has 1 saturated heterocycles. The third-order valence-corrected chi connectivity index (χ3v) is 4.53. The lowest BCUT2D eigenvalue weighted by molar-refractivity contribution is -0.384. The first-order valence-electron chi connectivity index (χ1n) is 8.29. The first kappa shape index (κ1) is 16.9. The molecule has 1 N–H and O–H groups in total. The molecule has 1 unspecified atom stereocenters. The van der Waals surface area contributed by atoms with Gasteiger partial charge in [0.15, 0.2) is 0 Å². The van der Waals surface area contributed by atoms with Gasteiger partial charge in [-0.05, 0) is 30.9 Å². The van der Waals surface area contributed by atoms with E-state index >= 15 is 0 Å². The summed E-state index contributed by atoms with van der Waals surface area (Å²) >= 11 is 0. The molecule has 0 bridgehead atoms. The van der Waals surface area contributed by atoms with Gasteiger partial charge in [-0.3, -0.25) is 10.1 Å². The lowest BCUT2D eigenvalue weighted by atomic mass is 9.94. The number of amides is 2. The summed E-state index contributed by atoms with van der Waals surface area (Å²) in [5.74, 6) is 1.42. The summed E-state index contributed by atoms with van der Waals surface area (Å²) in [5, 5.41) is 13.5. The summed E-state index contributed by atoms with van der Waals surface area (Å²) < 4.78 is 2.01. The Bertz CT molecular complexity index is 756. The number of nitro benzene ring substituents is 1. The minimum Gasteiger partial charge on any atom is -0.338 e. The van der Waals surface area contributed by atoms with E-state index in [0.29, 0.717) is 18.2 Å². The van der Waals surface area contributed by atoms with Crippen LogP contribution < -0.4 is 5.32 Å². The van der Waals surface area contributed by atoms with E-state index in [2.05, 4.69) is 10.3 Å². The van der Waals surface area contributed by atoms with Gasteiger partial charge in [0.05, 0.1) is 4.92 Å². The maximum absolute atomic E-state index is 12.5. The van der Waals surface area contributed by atoms with Gasteiger partial charge < -0.3 is 14.8 Å². The minimum absolute atomic E-state index is 0.00565. The van der Waals surface area contributed by atoms with E-state index in [4.69, 9.17) is 0 Å². The second kappa shape index (κ2) is 7.33. The van der Waals surface area contributed by atoms with Crippen LogP contribution in [0.2, 0.25) is 0 Å². The van der Waals surface area contributed by atoms with Crippen LogP contribution in [-0.4, -0.2) is 38.5 Å². The Labute approximate surface area is 145 Å². The fourth-order valence-electron chi connectivity index (χ4n) is 3.14. The SMILES string of the molecule is Cn1ccnc1CC1CCCN(C(=O)Nc2ccc([N+](=O)[O-])cc2)C1. The molecule has 1 atom stereocenters. The molecule has 0 radical (unpaired) electrons. The van der Waals surface area contributed by atoms with E-state index in [0.717, 1.165) is 31.6 Å². The number of nitrogens with zero attached hydrogens (tertiary/aromatic N) is 4. The number of rotatable bonds is 4.